The first-order valence-electron chi connectivity index (χ1n) is 9.08. The second kappa shape index (κ2) is 9.51. The number of carbonyl (C=O) groups is 2. The van der Waals surface area contributed by atoms with Crippen LogP contribution in [0.2, 0.25) is 0 Å². The average molecular weight is 421 g/mol. The van der Waals surface area contributed by atoms with Crippen LogP contribution in [-0.4, -0.2) is 77.8 Å². The molecule has 0 unspecified atom stereocenters. The molecule has 3 rings (SSSR count). The summed E-state index contributed by atoms with van der Waals surface area (Å²) in [5, 5.41) is 1.93. The van der Waals surface area contributed by atoms with Crippen LogP contribution in [0, 0.1) is 0 Å². The van der Waals surface area contributed by atoms with Gasteiger partial charge in [0.1, 0.15) is 10.1 Å². The van der Waals surface area contributed by atoms with Crippen LogP contribution >= 0.6 is 24.0 Å². The Bertz CT molecular complexity index is 774. The maximum atomic E-state index is 12.7. The van der Waals surface area contributed by atoms with Gasteiger partial charge in [0.15, 0.2) is 0 Å². The van der Waals surface area contributed by atoms with Gasteiger partial charge in [0.2, 0.25) is 5.91 Å². The first-order chi connectivity index (χ1) is 13.5. The second-order valence-corrected chi connectivity index (χ2v) is 8.36. The Morgan fingerprint density at radius 3 is 2.57 bits per heavy atom. The van der Waals surface area contributed by atoms with Gasteiger partial charge in [-0.1, -0.05) is 36.1 Å². The highest BCUT2D eigenvalue weighted by molar-refractivity contribution is 8.26. The number of hydrogen-bond donors (Lipinski definition) is 1. The summed E-state index contributed by atoms with van der Waals surface area (Å²) in [5.74, 6) is 0.506. The topological polar surface area (TPSA) is 65.1 Å². The molecule has 1 aromatic carbocycles. The van der Waals surface area contributed by atoms with Gasteiger partial charge in [-0.2, -0.15) is 0 Å². The van der Waals surface area contributed by atoms with Crippen LogP contribution in [0.5, 0.6) is 5.75 Å². The van der Waals surface area contributed by atoms with Crippen LogP contribution < -0.4 is 10.2 Å². The molecule has 0 spiro atoms. The van der Waals surface area contributed by atoms with Crippen molar-refractivity contribution in [1.82, 2.24) is 20.2 Å². The van der Waals surface area contributed by atoms with Crippen LogP contribution in [0.3, 0.4) is 0 Å². The number of ether oxygens (including phenoxy) is 1. The van der Waals surface area contributed by atoms with Gasteiger partial charge in [-0.15, -0.1) is 0 Å². The quantitative estimate of drug-likeness (QED) is 0.554. The van der Waals surface area contributed by atoms with Crippen molar-refractivity contribution in [2.45, 2.75) is 6.42 Å². The summed E-state index contributed by atoms with van der Waals surface area (Å²) in [6.45, 7) is 3.72. The van der Waals surface area contributed by atoms with Crippen molar-refractivity contribution in [2.75, 3.05) is 46.9 Å². The molecule has 0 aromatic heterocycles. The molecule has 0 bridgehead atoms. The normalized spacial score (nSPS) is 20.1. The Morgan fingerprint density at radius 1 is 1.25 bits per heavy atom. The molecule has 0 saturated carbocycles. The van der Waals surface area contributed by atoms with E-state index in [9.17, 15) is 9.59 Å². The molecule has 7 nitrogen and oxygen atoms in total. The Hall–Kier alpha value is -1.94. The summed E-state index contributed by atoms with van der Waals surface area (Å²) in [4.78, 5) is 29.2. The van der Waals surface area contributed by atoms with Crippen molar-refractivity contribution in [2.24, 2.45) is 0 Å². The molecular formula is C19H24N4O3S2. The van der Waals surface area contributed by atoms with E-state index in [-0.39, 0.29) is 24.8 Å². The number of hydrazine groups is 1. The molecule has 1 aromatic rings. The molecule has 2 amide bonds. The van der Waals surface area contributed by atoms with Crippen molar-refractivity contribution in [3.63, 3.8) is 0 Å². The summed E-state index contributed by atoms with van der Waals surface area (Å²) < 4.78 is 5.63. The highest BCUT2D eigenvalue weighted by atomic mass is 32.2. The number of hydrogen-bond acceptors (Lipinski definition) is 7. The molecule has 2 heterocycles. The minimum Gasteiger partial charge on any atom is -0.497 e. The third-order valence-electron chi connectivity index (χ3n) is 4.64. The molecule has 0 radical (unpaired) electrons. The smallest absolute Gasteiger partial charge is 0.266 e. The zero-order valence-corrected chi connectivity index (χ0v) is 17.6. The molecule has 2 aliphatic heterocycles. The number of thiocarbonyl (C=S) groups is 1. The summed E-state index contributed by atoms with van der Waals surface area (Å²) in [5.41, 5.74) is 3.81. The van der Waals surface area contributed by atoms with E-state index in [2.05, 4.69) is 17.4 Å². The van der Waals surface area contributed by atoms with Gasteiger partial charge < -0.3 is 9.64 Å². The number of piperazine rings is 1. The summed E-state index contributed by atoms with van der Waals surface area (Å²) in [6.07, 6.45) is 2.03. The molecule has 2 aliphatic rings. The average Bonchev–Trinajstić information content (AvgIpc) is 2.95. The predicted octanol–water partition coefficient (Wildman–Crippen LogP) is 1.57. The number of nitrogens with one attached hydrogen (secondary N) is 1. The number of likely N-dealkylation sites (N-methyl/N-ethyl adjacent to an activating group) is 1. The van der Waals surface area contributed by atoms with E-state index in [4.69, 9.17) is 17.0 Å². The minimum absolute atomic E-state index is 0.0993. The third kappa shape index (κ3) is 5.32. The third-order valence-corrected chi connectivity index (χ3v) is 6.01. The number of methoxy groups -OCH3 is 1. The molecule has 9 heteroatoms. The Kier molecular flexibility index (Phi) is 7.06. The van der Waals surface area contributed by atoms with Gasteiger partial charge >= 0.3 is 0 Å². The predicted molar refractivity (Wildman–Crippen MR) is 115 cm³/mol. The van der Waals surface area contributed by atoms with Crippen LogP contribution in [-0.2, 0) is 9.59 Å². The van der Waals surface area contributed by atoms with E-state index in [0.29, 0.717) is 9.23 Å². The van der Waals surface area contributed by atoms with Gasteiger partial charge in [-0.25, -0.2) is 5.01 Å². The highest BCUT2D eigenvalue weighted by Gasteiger charge is 2.32. The number of nitrogens with zero attached hydrogens (tertiary/aromatic N) is 3. The van der Waals surface area contributed by atoms with Gasteiger partial charge in [-0.05, 0) is 30.8 Å². The van der Waals surface area contributed by atoms with Crippen molar-refractivity contribution >= 4 is 46.2 Å². The number of benzene rings is 1. The SMILES string of the molecule is COc1ccc(C=C2SC(=S)N(CCC(=O)NN3CCN(C)CC3)C2=O)cc1. The summed E-state index contributed by atoms with van der Waals surface area (Å²) >= 11 is 6.60. The first kappa shape index (κ1) is 20.8. The van der Waals surface area contributed by atoms with Crippen LogP contribution in [0.15, 0.2) is 29.2 Å². The summed E-state index contributed by atoms with van der Waals surface area (Å²) in [7, 11) is 3.67. The lowest BCUT2D eigenvalue weighted by molar-refractivity contribution is -0.127. The van der Waals surface area contributed by atoms with E-state index in [1.165, 1.54) is 16.7 Å². The van der Waals surface area contributed by atoms with E-state index in [0.717, 1.165) is 37.5 Å². The fourth-order valence-corrected chi connectivity index (χ4v) is 4.22. The first-order valence-corrected chi connectivity index (χ1v) is 10.3. The van der Waals surface area contributed by atoms with Crippen LogP contribution in [0.25, 0.3) is 6.08 Å². The molecule has 150 valence electrons. The van der Waals surface area contributed by atoms with E-state index in [1.54, 1.807) is 7.11 Å². The van der Waals surface area contributed by atoms with Crippen LogP contribution in [0.1, 0.15) is 12.0 Å². The maximum absolute atomic E-state index is 12.7. The van der Waals surface area contributed by atoms with E-state index >= 15 is 0 Å². The standard InChI is InChI=1S/C19H24N4O3S2/c1-21-9-11-22(12-10-21)20-17(24)7-8-23-18(25)16(28-19(23)27)13-14-3-5-15(26-2)6-4-14/h3-6,13H,7-12H2,1-2H3,(H,20,24). The maximum Gasteiger partial charge on any atom is 0.266 e. The summed E-state index contributed by atoms with van der Waals surface area (Å²) in [6, 6.07) is 7.45. The lowest BCUT2D eigenvalue weighted by atomic mass is 10.2. The van der Waals surface area contributed by atoms with Gasteiger partial charge in [0.05, 0.1) is 12.0 Å². The number of carbonyl (C=O) groups excluding carboxylic acids is 2. The van der Waals surface area contributed by atoms with E-state index in [1.807, 2.05) is 35.4 Å². The van der Waals surface area contributed by atoms with Crippen molar-refractivity contribution in [1.29, 1.82) is 0 Å². The van der Waals surface area contributed by atoms with Crippen molar-refractivity contribution in [3.8, 4) is 5.75 Å². The molecular weight excluding hydrogens is 396 g/mol. The number of thioether (sulfide) groups is 1. The minimum atomic E-state index is -0.154. The molecule has 0 atom stereocenters. The zero-order chi connectivity index (χ0) is 20.1. The molecule has 1 N–H and O–H groups in total. The lowest BCUT2D eigenvalue weighted by Crippen LogP contribution is -2.52. The van der Waals surface area contributed by atoms with Crippen molar-refractivity contribution < 1.29 is 14.3 Å². The molecule has 2 saturated heterocycles. The van der Waals surface area contributed by atoms with Gasteiger partial charge in [0, 0.05) is 39.1 Å². The monoisotopic (exact) mass is 420 g/mol. The molecule has 28 heavy (non-hydrogen) atoms. The molecule has 2 fully saturated rings. The largest absolute Gasteiger partial charge is 0.497 e. The highest BCUT2D eigenvalue weighted by Crippen LogP contribution is 2.32. The van der Waals surface area contributed by atoms with Crippen LogP contribution in [0.4, 0.5) is 0 Å². The lowest BCUT2D eigenvalue weighted by Gasteiger charge is -2.32. The van der Waals surface area contributed by atoms with Gasteiger partial charge in [0.25, 0.3) is 5.91 Å². The molecule has 0 aliphatic carbocycles. The van der Waals surface area contributed by atoms with E-state index < -0.39 is 0 Å². The Morgan fingerprint density at radius 2 is 1.93 bits per heavy atom. The Balaban J connectivity index is 1.53. The van der Waals surface area contributed by atoms with Gasteiger partial charge in [-0.3, -0.25) is 19.9 Å². The fourth-order valence-electron chi connectivity index (χ4n) is 2.91. The zero-order valence-electron chi connectivity index (χ0n) is 16.0. The number of rotatable bonds is 6. The number of amides is 2. The Labute approximate surface area is 174 Å². The fraction of sp³-hybridized carbons (Fsp3) is 0.421. The van der Waals surface area contributed by atoms with Crippen molar-refractivity contribution in [3.05, 3.63) is 34.7 Å². The second-order valence-electron chi connectivity index (χ2n) is 6.68.